The zero-order chi connectivity index (χ0) is 15.2. The summed E-state index contributed by atoms with van der Waals surface area (Å²) in [6.07, 6.45) is 5.80. The molecule has 2 aliphatic heterocycles. The van der Waals surface area contributed by atoms with Crippen LogP contribution in [0.3, 0.4) is 0 Å². The van der Waals surface area contributed by atoms with Crippen molar-refractivity contribution < 1.29 is 14.3 Å². The van der Waals surface area contributed by atoms with Gasteiger partial charge in [0.2, 0.25) is 5.91 Å². The summed E-state index contributed by atoms with van der Waals surface area (Å²) >= 11 is 0. The van der Waals surface area contributed by atoms with Crippen LogP contribution in [0, 0.1) is 0 Å². The fraction of sp³-hybridized carbons (Fsp3) is 0.867. The van der Waals surface area contributed by atoms with Crippen LogP contribution >= 0.6 is 0 Å². The standard InChI is InChI=1S/C15H27N3O3/c1-18(13-8-11-5-6-12(9-13)17-11)10-14(19)16-7-3-4-15(20)21-2/h11-13,17H,3-10H2,1-2H3,(H,16,19). The number of likely N-dealkylation sites (N-methyl/N-ethyl adjacent to an activating group) is 1. The Balaban J connectivity index is 1.62. The van der Waals surface area contributed by atoms with E-state index in [9.17, 15) is 9.59 Å². The molecule has 2 aliphatic rings. The Labute approximate surface area is 126 Å². The summed E-state index contributed by atoms with van der Waals surface area (Å²) in [5, 5.41) is 6.48. The molecular weight excluding hydrogens is 270 g/mol. The van der Waals surface area contributed by atoms with Crippen molar-refractivity contribution in [2.24, 2.45) is 0 Å². The van der Waals surface area contributed by atoms with E-state index < -0.39 is 0 Å². The average molecular weight is 297 g/mol. The van der Waals surface area contributed by atoms with E-state index in [1.165, 1.54) is 20.0 Å². The highest BCUT2D eigenvalue weighted by atomic mass is 16.5. The molecule has 2 rings (SSSR count). The lowest BCUT2D eigenvalue weighted by molar-refractivity contribution is -0.140. The summed E-state index contributed by atoms with van der Waals surface area (Å²) in [6, 6.07) is 1.78. The number of piperidine rings is 1. The van der Waals surface area contributed by atoms with Crippen molar-refractivity contribution >= 4 is 11.9 Å². The van der Waals surface area contributed by atoms with E-state index in [1.807, 2.05) is 7.05 Å². The molecule has 0 spiro atoms. The molecule has 1 amide bonds. The molecular formula is C15H27N3O3. The van der Waals surface area contributed by atoms with Crippen LogP contribution in [0.5, 0.6) is 0 Å². The lowest BCUT2D eigenvalue weighted by Gasteiger charge is -2.35. The van der Waals surface area contributed by atoms with Gasteiger partial charge >= 0.3 is 5.97 Å². The maximum atomic E-state index is 11.9. The van der Waals surface area contributed by atoms with Crippen molar-refractivity contribution in [1.82, 2.24) is 15.5 Å². The maximum Gasteiger partial charge on any atom is 0.305 e. The van der Waals surface area contributed by atoms with Crippen LogP contribution in [0.1, 0.15) is 38.5 Å². The zero-order valence-electron chi connectivity index (χ0n) is 13.1. The summed E-state index contributed by atoms with van der Waals surface area (Å²) in [5.41, 5.74) is 0. The molecule has 6 nitrogen and oxygen atoms in total. The summed E-state index contributed by atoms with van der Waals surface area (Å²) in [6.45, 7) is 0.960. The number of fused-ring (bicyclic) bond motifs is 2. The van der Waals surface area contributed by atoms with Crippen LogP contribution in [0.2, 0.25) is 0 Å². The van der Waals surface area contributed by atoms with E-state index in [4.69, 9.17) is 0 Å². The maximum absolute atomic E-state index is 11.9. The smallest absolute Gasteiger partial charge is 0.305 e. The lowest BCUT2D eigenvalue weighted by atomic mass is 9.98. The number of amides is 1. The highest BCUT2D eigenvalue weighted by molar-refractivity contribution is 5.78. The molecule has 6 heteroatoms. The number of nitrogens with zero attached hydrogens (tertiary/aromatic N) is 1. The normalized spacial score (nSPS) is 27.7. The number of rotatable bonds is 7. The highest BCUT2D eigenvalue weighted by Crippen LogP contribution is 2.28. The summed E-state index contributed by atoms with van der Waals surface area (Å²) in [4.78, 5) is 25.0. The van der Waals surface area contributed by atoms with Crippen molar-refractivity contribution in [2.45, 2.75) is 56.7 Å². The van der Waals surface area contributed by atoms with E-state index in [-0.39, 0.29) is 11.9 Å². The van der Waals surface area contributed by atoms with E-state index >= 15 is 0 Å². The zero-order valence-corrected chi connectivity index (χ0v) is 13.1. The van der Waals surface area contributed by atoms with Crippen LogP contribution in [-0.4, -0.2) is 62.1 Å². The van der Waals surface area contributed by atoms with Crippen LogP contribution < -0.4 is 10.6 Å². The molecule has 0 saturated carbocycles. The third-order valence-electron chi connectivity index (χ3n) is 4.57. The number of esters is 1. The van der Waals surface area contributed by atoms with Gasteiger partial charge in [0.05, 0.1) is 13.7 Å². The summed E-state index contributed by atoms with van der Waals surface area (Å²) in [7, 11) is 3.41. The second-order valence-corrected chi connectivity index (χ2v) is 6.21. The Bertz CT molecular complexity index is 363. The molecule has 2 bridgehead atoms. The second-order valence-electron chi connectivity index (χ2n) is 6.21. The lowest BCUT2D eigenvalue weighted by Crippen LogP contribution is -2.49. The Hall–Kier alpha value is -1.14. The molecule has 2 saturated heterocycles. The highest BCUT2D eigenvalue weighted by Gasteiger charge is 2.35. The molecule has 2 atom stereocenters. The number of methoxy groups -OCH3 is 1. The van der Waals surface area contributed by atoms with Gasteiger partial charge in [-0.1, -0.05) is 0 Å². The van der Waals surface area contributed by atoms with Gasteiger partial charge < -0.3 is 15.4 Å². The Morgan fingerprint density at radius 1 is 1.29 bits per heavy atom. The number of carbonyl (C=O) groups excluding carboxylic acids is 2. The Morgan fingerprint density at radius 2 is 1.95 bits per heavy atom. The first-order chi connectivity index (χ1) is 10.1. The first-order valence-electron chi connectivity index (χ1n) is 7.88. The minimum absolute atomic E-state index is 0.0354. The monoisotopic (exact) mass is 297 g/mol. The van der Waals surface area contributed by atoms with Gasteiger partial charge in [0.25, 0.3) is 0 Å². The van der Waals surface area contributed by atoms with E-state index in [0.29, 0.717) is 44.1 Å². The number of hydrogen-bond donors (Lipinski definition) is 2. The minimum atomic E-state index is -0.230. The number of nitrogens with one attached hydrogen (secondary N) is 2. The van der Waals surface area contributed by atoms with E-state index in [0.717, 1.165) is 12.8 Å². The molecule has 0 aromatic rings. The molecule has 2 fully saturated rings. The molecule has 2 N–H and O–H groups in total. The Morgan fingerprint density at radius 3 is 2.57 bits per heavy atom. The quantitative estimate of drug-likeness (QED) is 0.521. The fourth-order valence-corrected chi connectivity index (χ4v) is 3.36. The van der Waals surface area contributed by atoms with Crippen molar-refractivity contribution in [3.8, 4) is 0 Å². The van der Waals surface area contributed by atoms with Gasteiger partial charge in [-0.15, -0.1) is 0 Å². The molecule has 0 aromatic carbocycles. The SMILES string of the molecule is COC(=O)CCCNC(=O)CN(C)C1CC2CCC(C1)N2. The van der Waals surface area contributed by atoms with Gasteiger partial charge in [0.1, 0.15) is 0 Å². The number of hydrogen-bond acceptors (Lipinski definition) is 5. The molecule has 21 heavy (non-hydrogen) atoms. The van der Waals surface area contributed by atoms with Crippen LogP contribution in [-0.2, 0) is 14.3 Å². The van der Waals surface area contributed by atoms with Gasteiger partial charge in [-0.05, 0) is 39.2 Å². The van der Waals surface area contributed by atoms with Crippen molar-refractivity contribution in [3.63, 3.8) is 0 Å². The van der Waals surface area contributed by atoms with E-state index in [1.54, 1.807) is 0 Å². The number of ether oxygens (including phenoxy) is 1. The van der Waals surface area contributed by atoms with Gasteiger partial charge in [0, 0.05) is 31.1 Å². The second kappa shape index (κ2) is 7.75. The van der Waals surface area contributed by atoms with Crippen molar-refractivity contribution in [2.75, 3.05) is 27.2 Å². The first-order valence-corrected chi connectivity index (χ1v) is 7.88. The van der Waals surface area contributed by atoms with Gasteiger partial charge in [0.15, 0.2) is 0 Å². The van der Waals surface area contributed by atoms with Crippen LogP contribution in [0.25, 0.3) is 0 Å². The van der Waals surface area contributed by atoms with Gasteiger partial charge in [-0.3, -0.25) is 14.5 Å². The average Bonchev–Trinajstić information content (AvgIpc) is 2.81. The fourth-order valence-electron chi connectivity index (χ4n) is 3.36. The topological polar surface area (TPSA) is 70.7 Å². The van der Waals surface area contributed by atoms with Crippen molar-refractivity contribution in [3.05, 3.63) is 0 Å². The number of carbonyl (C=O) groups is 2. The van der Waals surface area contributed by atoms with Crippen LogP contribution in [0.15, 0.2) is 0 Å². The molecule has 2 heterocycles. The molecule has 120 valence electrons. The third-order valence-corrected chi connectivity index (χ3v) is 4.57. The van der Waals surface area contributed by atoms with Gasteiger partial charge in [-0.25, -0.2) is 0 Å². The molecule has 2 unspecified atom stereocenters. The van der Waals surface area contributed by atoms with Crippen LogP contribution in [0.4, 0.5) is 0 Å². The van der Waals surface area contributed by atoms with E-state index in [2.05, 4.69) is 20.3 Å². The van der Waals surface area contributed by atoms with Crippen molar-refractivity contribution in [1.29, 1.82) is 0 Å². The third kappa shape index (κ3) is 4.97. The first kappa shape index (κ1) is 16.2. The Kier molecular flexibility index (Phi) is 5.99. The molecule has 0 aliphatic carbocycles. The molecule has 0 aromatic heterocycles. The predicted molar refractivity (Wildman–Crippen MR) is 79.9 cm³/mol. The van der Waals surface area contributed by atoms with Gasteiger partial charge in [-0.2, -0.15) is 0 Å². The minimum Gasteiger partial charge on any atom is -0.469 e. The predicted octanol–water partition coefficient (Wildman–Crippen LogP) is 0.271. The summed E-state index contributed by atoms with van der Waals surface area (Å²) < 4.78 is 4.56. The largest absolute Gasteiger partial charge is 0.469 e. The summed E-state index contributed by atoms with van der Waals surface area (Å²) in [5.74, 6) is -0.195. The molecule has 0 radical (unpaired) electrons.